The van der Waals surface area contributed by atoms with Crippen molar-refractivity contribution < 1.29 is 13.2 Å². The molecule has 0 aromatic carbocycles. The zero-order valence-corrected chi connectivity index (χ0v) is 9.55. The van der Waals surface area contributed by atoms with Gasteiger partial charge < -0.3 is 5.73 Å². The number of hydrogen-bond acceptors (Lipinski definition) is 3. The Morgan fingerprint density at radius 2 is 2.12 bits per heavy atom. The lowest BCUT2D eigenvalue weighted by Crippen LogP contribution is -2.25. The number of rotatable bonds is 2. The van der Waals surface area contributed by atoms with Crippen LogP contribution in [0.4, 0.5) is 13.2 Å². The van der Waals surface area contributed by atoms with Crippen LogP contribution in [0.15, 0.2) is 34.6 Å². The fourth-order valence-electron chi connectivity index (χ4n) is 1.13. The first-order chi connectivity index (χ1) is 7.88. The van der Waals surface area contributed by atoms with E-state index in [4.69, 9.17) is 17.3 Å². The van der Waals surface area contributed by atoms with Crippen molar-refractivity contribution in [1.29, 1.82) is 0 Å². The Balaban J connectivity index is 3.23. The third kappa shape index (κ3) is 3.20. The summed E-state index contributed by atoms with van der Waals surface area (Å²) in [5, 5.41) is -0.631. The molecule has 1 heterocycles. The van der Waals surface area contributed by atoms with E-state index in [0.29, 0.717) is 5.56 Å². The highest BCUT2D eigenvalue weighted by atomic mass is 35.5. The number of allylic oxidation sites excluding steroid dienone is 1. The molecule has 0 aliphatic carbocycles. The predicted molar refractivity (Wildman–Crippen MR) is 60.6 cm³/mol. The molecule has 0 aliphatic rings. The van der Waals surface area contributed by atoms with Crippen LogP contribution in [-0.2, 0) is 0 Å². The Labute approximate surface area is 101 Å². The summed E-state index contributed by atoms with van der Waals surface area (Å²) >= 11 is 5.59. The van der Waals surface area contributed by atoms with Crippen molar-refractivity contribution in [3.05, 3.63) is 35.1 Å². The highest BCUT2D eigenvalue weighted by Crippen LogP contribution is 2.27. The summed E-state index contributed by atoms with van der Waals surface area (Å²) in [6.07, 6.45) is -1.84. The fourth-order valence-corrected chi connectivity index (χ4v) is 1.43. The summed E-state index contributed by atoms with van der Waals surface area (Å²) in [6, 6.07) is 3.05. The second-order valence-electron chi connectivity index (χ2n) is 3.04. The van der Waals surface area contributed by atoms with Crippen LogP contribution in [0.1, 0.15) is 5.56 Å². The topological polar surface area (TPSA) is 51.3 Å². The second-order valence-corrected chi connectivity index (χ2v) is 3.42. The molecule has 0 unspecified atom stereocenters. The fraction of sp³-hybridized carbons (Fsp3) is 0.200. The summed E-state index contributed by atoms with van der Waals surface area (Å²) in [5.74, 6) is 0. The van der Waals surface area contributed by atoms with Crippen molar-refractivity contribution in [1.82, 2.24) is 4.98 Å². The number of aromatic nitrogens is 1. The third-order valence-electron chi connectivity index (χ3n) is 1.91. The summed E-state index contributed by atoms with van der Waals surface area (Å²) in [5.41, 5.74) is 4.43. The van der Waals surface area contributed by atoms with E-state index in [-0.39, 0.29) is 5.70 Å². The van der Waals surface area contributed by atoms with Gasteiger partial charge in [0.2, 0.25) is 0 Å². The predicted octanol–water partition coefficient (Wildman–Crippen LogP) is 2.58. The Morgan fingerprint density at radius 3 is 2.53 bits per heavy atom. The molecule has 0 saturated carbocycles. The quantitative estimate of drug-likeness (QED) is 0.834. The van der Waals surface area contributed by atoms with Crippen molar-refractivity contribution >= 4 is 23.0 Å². The summed E-state index contributed by atoms with van der Waals surface area (Å²) in [7, 11) is 1.00. The molecule has 0 radical (unpaired) electrons. The van der Waals surface area contributed by atoms with Gasteiger partial charge in [-0.3, -0.25) is 9.98 Å². The van der Waals surface area contributed by atoms with Crippen LogP contribution in [0.3, 0.4) is 0 Å². The van der Waals surface area contributed by atoms with Crippen LogP contribution in [0.2, 0.25) is 0 Å². The molecule has 0 bridgehead atoms. The zero-order valence-electron chi connectivity index (χ0n) is 8.79. The van der Waals surface area contributed by atoms with Gasteiger partial charge in [0.25, 0.3) is 0 Å². The molecule has 0 saturated heterocycles. The summed E-state index contributed by atoms with van der Waals surface area (Å²) in [6.45, 7) is 0. The van der Waals surface area contributed by atoms with Gasteiger partial charge in [0.05, 0.1) is 10.7 Å². The lowest BCUT2D eigenvalue weighted by Gasteiger charge is -2.11. The van der Waals surface area contributed by atoms with Gasteiger partial charge >= 0.3 is 6.18 Å². The molecular formula is C10H9ClF3N3. The minimum absolute atomic E-state index is 0.210. The molecule has 2 N–H and O–H groups in total. The average molecular weight is 264 g/mol. The van der Waals surface area contributed by atoms with E-state index < -0.39 is 16.9 Å². The lowest BCUT2D eigenvalue weighted by molar-refractivity contribution is -0.0579. The zero-order chi connectivity index (χ0) is 13.1. The van der Waals surface area contributed by atoms with Crippen LogP contribution >= 0.6 is 11.6 Å². The number of nitrogens with zero attached hydrogens (tertiary/aromatic N) is 2. The first-order valence-electron chi connectivity index (χ1n) is 4.48. The van der Waals surface area contributed by atoms with E-state index in [1.807, 2.05) is 0 Å². The minimum atomic E-state index is -4.64. The molecule has 92 valence electrons. The van der Waals surface area contributed by atoms with Gasteiger partial charge in [-0.05, 0) is 12.1 Å². The first-order valence-corrected chi connectivity index (χ1v) is 4.85. The van der Waals surface area contributed by atoms with Gasteiger partial charge in [0.1, 0.15) is 0 Å². The van der Waals surface area contributed by atoms with E-state index >= 15 is 0 Å². The highest BCUT2D eigenvalue weighted by Gasteiger charge is 2.38. The molecule has 1 aromatic rings. The maximum Gasteiger partial charge on any atom is 0.434 e. The molecule has 7 heteroatoms. The Hall–Kier alpha value is -1.56. The summed E-state index contributed by atoms with van der Waals surface area (Å²) in [4.78, 5) is 6.85. The lowest BCUT2D eigenvalue weighted by atomic mass is 10.1. The van der Waals surface area contributed by atoms with Crippen molar-refractivity contribution in [2.24, 2.45) is 10.7 Å². The molecule has 0 amide bonds. The van der Waals surface area contributed by atoms with Crippen LogP contribution < -0.4 is 5.73 Å². The monoisotopic (exact) mass is 263 g/mol. The van der Waals surface area contributed by atoms with Gasteiger partial charge in [0, 0.05) is 25.0 Å². The minimum Gasteiger partial charge on any atom is -0.397 e. The Bertz CT molecular complexity index is 452. The molecule has 0 fully saturated rings. The van der Waals surface area contributed by atoms with Gasteiger partial charge in [0.15, 0.2) is 5.71 Å². The molecule has 0 atom stereocenters. The number of alkyl halides is 3. The molecule has 0 aliphatic heterocycles. The maximum atomic E-state index is 12.5. The number of nitrogens with two attached hydrogens (primary N) is 1. The first kappa shape index (κ1) is 13.5. The number of aliphatic imine (C=N–C) groups is 1. The molecule has 17 heavy (non-hydrogen) atoms. The Morgan fingerprint density at radius 1 is 1.47 bits per heavy atom. The Kier molecular flexibility index (Phi) is 4.11. The van der Waals surface area contributed by atoms with E-state index in [2.05, 4.69) is 9.98 Å². The standard InChI is InChI=1S/C10H9ClF3N3/c1-16-9(10(12,13)14)7(11)8(15)6-3-2-4-17-5-6/h2-5H,15H2,1H3. The van der Waals surface area contributed by atoms with Crippen LogP contribution in [0.5, 0.6) is 0 Å². The van der Waals surface area contributed by atoms with E-state index in [1.165, 1.54) is 18.5 Å². The normalized spacial score (nSPS) is 14.5. The van der Waals surface area contributed by atoms with Gasteiger partial charge in [-0.15, -0.1) is 0 Å². The highest BCUT2D eigenvalue weighted by molar-refractivity contribution is 6.47. The molecule has 1 rings (SSSR count). The van der Waals surface area contributed by atoms with E-state index in [1.54, 1.807) is 6.07 Å². The molecule has 3 nitrogen and oxygen atoms in total. The third-order valence-corrected chi connectivity index (χ3v) is 2.29. The van der Waals surface area contributed by atoms with Crippen LogP contribution in [-0.4, -0.2) is 23.9 Å². The molecule has 1 aromatic heterocycles. The van der Waals surface area contributed by atoms with E-state index in [0.717, 1.165) is 7.05 Å². The smallest absolute Gasteiger partial charge is 0.397 e. The maximum absolute atomic E-state index is 12.5. The van der Waals surface area contributed by atoms with Gasteiger partial charge in [-0.25, -0.2) is 0 Å². The number of halogens is 4. The van der Waals surface area contributed by atoms with Crippen molar-refractivity contribution in [3.8, 4) is 0 Å². The van der Waals surface area contributed by atoms with E-state index in [9.17, 15) is 13.2 Å². The van der Waals surface area contributed by atoms with Crippen LogP contribution in [0.25, 0.3) is 5.70 Å². The second kappa shape index (κ2) is 5.18. The average Bonchev–Trinajstić information content (AvgIpc) is 2.28. The number of pyridine rings is 1. The SMILES string of the molecule is CN=C(C(Cl)=C(N)c1cccnc1)C(F)(F)F. The number of hydrogen-bond donors (Lipinski definition) is 1. The van der Waals surface area contributed by atoms with Gasteiger partial charge in [-0.1, -0.05) is 11.6 Å². The van der Waals surface area contributed by atoms with Crippen LogP contribution in [0, 0.1) is 0 Å². The summed E-state index contributed by atoms with van der Waals surface area (Å²) < 4.78 is 37.6. The molecule has 0 spiro atoms. The van der Waals surface area contributed by atoms with Crippen molar-refractivity contribution in [2.45, 2.75) is 6.18 Å². The largest absolute Gasteiger partial charge is 0.434 e. The van der Waals surface area contributed by atoms with Gasteiger partial charge in [-0.2, -0.15) is 13.2 Å². The molecular weight excluding hydrogens is 255 g/mol. The van der Waals surface area contributed by atoms with Crippen molar-refractivity contribution in [2.75, 3.05) is 7.05 Å². The van der Waals surface area contributed by atoms with Crippen molar-refractivity contribution in [3.63, 3.8) is 0 Å².